The summed E-state index contributed by atoms with van der Waals surface area (Å²) in [7, 11) is 0. The molecule has 0 aliphatic carbocycles. The quantitative estimate of drug-likeness (QED) is 0.778. The smallest absolute Gasteiger partial charge is 0.431 e. The standard InChI is InChI=1S/C14H10F3NO2S/c1-8-6-7-11(20-8)13(19,14(15,16)17)12-18-9-4-2-3-5-10(9)21-12/h2-7,19H,1H3. The van der Waals surface area contributed by atoms with E-state index >= 15 is 0 Å². The molecule has 0 bridgehead atoms. The number of rotatable bonds is 2. The van der Waals surface area contributed by atoms with Crippen molar-refractivity contribution in [2.75, 3.05) is 0 Å². The molecule has 7 heteroatoms. The first-order chi connectivity index (χ1) is 9.82. The van der Waals surface area contributed by atoms with E-state index in [0.29, 0.717) is 10.2 Å². The first kappa shape index (κ1) is 14.1. The third kappa shape index (κ3) is 2.13. The van der Waals surface area contributed by atoms with Crippen molar-refractivity contribution < 1.29 is 22.7 Å². The van der Waals surface area contributed by atoms with E-state index in [2.05, 4.69) is 4.98 Å². The molecule has 0 radical (unpaired) electrons. The van der Waals surface area contributed by atoms with Crippen LogP contribution in [0.3, 0.4) is 0 Å². The van der Waals surface area contributed by atoms with Gasteiger partial charge in [0.05, 0.1) is 10.2 Å². The highest BCUT2D eigenvalue weighted by atomic mass is 32.1. The van der Waals surface area contributed by atoms with Crippen LogP contribution in [-0.2, 0) is 5.60 Å². The Kier molecular flexibility index (Phi) is 3.07. The van der Waals surface area contributed by atoms with E-state index in [0.717, 1.165) is 17.4 Å². The van der Waals surface area contributed by atoms with Crippen LogP contribution in [0, 0.1) is 6.92 Å². The summed E-state index contributed by atoms with van der Waals surface area (Å²) in [5.41, 5.74) is -2.84. The molecule has 3 rings (SSSR count). The van der Waals surface area contributed by atoms with Gasteiger partial charge in [-0.2, -0.15) is 13.2 Å². The second-order valence-electron chi connectivity index (χ2n) is 4.61. The Labute approximate surface area is 121 Å². The van der Waals surface area contributed by atoms with Crippen LogP contribution in [0.15, 0.2) is 40.8 Å². The van der Waals surface area contributed by atoms with Crippen LogP contribution < -0.4 is 0 Å². The van der Waals surface area contributed by atoms with E-state index in [-0.39, 0.29) is 5.76 Å². The van der Waals surface area contributed by atoms with Gasteiger partial charge < -0.3 is 9.52 Å². The van der Waals surface area contributed by atoms with Crippen LogP contribution in [-0.4, -0.2) is 16.3 Å². The van der Waals surface area contributed by atoms with Crippen molar-refractivity contribution in [3.63, 3.8) is 0 Å². The van der Waals surface area contributed by atoms with E-state index in [4.69, 9.17) is 4.42 Å². The average Bonchev–Trinajstić information content (AvgIpc) is 3.02. The van der Waals surface area contributed by atoms with Crippen LogP contribution in [0.5, 0.6) is 0 Å². The minimum atomic E-state index is -4.94. The third-order valence-electron chi connectivity index (χ3n) is 3.11. The van der Waals surface area contributed by atoms with Crippen molar-refractivity contribution in [3.05, 3.63) is 52.9 Å². The fraction of sp³-hybridized carbons (Fsp3) is 0.214. The summed E-state index contributed by atoms with van der Waals surface area (Å²) >= 11 is 0.794. The lowest BCUT2D eigenvalue weighted by Crippen LogP contribution is -2.43. The molecule has 1 aromatic carbocycles. The molecule has 2 heterocycles. The number of hydrogen-bond donors (Lipinski definition) is 1. The molecule has 0 saturated heterocycles. The molecule has 0 amide bonds. The molecular weight excluding hydrogens is 303 g/mol. The highest BCUT2D eigenvalue weighted by Crippen LogP contribution is 2.46. The number of halogens is 3. The van der Waals surface area contributed by atoms with Crippen molar-refractivity contribution in [1.82, 2.24) is 4.98 Å². The minimum Gasteiger partial charge on any atom is -0.462 e. The number of aliphatic hydroxyl groups is 1. The van der Waals surface area contributed by atoms with Gasteiger partial charge >= 0.3 is 6.18 Å². The second kappa shape index (κ2) is 4.57. The van der Waals surface area contributed by atoms with Crippen molar-refractivity contribution in [3.8, 4) is 0 Å². The molecule has 21 heavy (non-hydrogen) atoms. The first-order valence-electron chi connectivity index (χ1n) is 6.04. The zero-order chi connectivity index (χ0) is 15.3. The Bertz CT molecular complexity index is 760. The lowest BCUT2D eigenvalue weighted by atomic mass is 10.0. The summed E-state index contributed by atoms with van der Waals surface area (Å²) < 4.78 is 46.0. The Morgan fingerprint density at radius 1 is 1.14 bits per heavy atom. The zero-order valence-electron chi connectivity index (χ0n) is 10.8. The van der Waals surface area contributed by atoms with E-state index in [9.17, 15) is 18.3 Å². The Morgan fingerprint density at radius 2 is 1.86 bits per heavy atom. The molecule has 3 nitrogen and oxygen atoms in total. The summed E-state index contributed by atoms with van der Waals surface area (Å²) in [4.78, 5) is 3.93. The van der Waals surface area contributed by atoms with Crippen LogP contribution in [0.1, 0.15) is 16.5 Å². The van der Waals surface area contributed by atoms with Crippen LogP contribution in [0.2, 0.25) is 0 Å². The SMILES string of the molecule is Cc1ccc(C(O)(c2nc3ccccc3s2)C(F)(F)F)o1. The fourth-order valence-electron chi connectivity index (χ4n) is 2.02. The summed E-state index contributed by atoms with van der Waals surface area (Å²) in [6.07, 6.45) is -4.94. The molecule has 1 atom stereocenters. The minimum absolute atomic E-state index is 0.286. The number of fused-ring (bicyclic) bond motifs is 1. The number of aromatic nitrogens is 1. The molecule has 0 saturated carbocycles. The molecule has 3 aromatic rings. The number of nitrogens with zero attached hydrogens (tertiary/aromatic N) is 1. The molecule has 1 N–H and O–H groups in total. The van der Waals surface area contributed by atoms with Gasteiger partial charge in [0.15, 0.2) is 5.76 Å². The molecule has 0 fully saturated rings. The maximum absolute atomic E-state index is 13.5. The van der Waals surface area contributed by atoms with E-state index < -0.39 is 22.5 Å². The van der Waals surface area contributed by atoms with Gasteiger partial charge in [0.25, 0.3) is 5.60 Å². The largest absolute Gasteiger partial charge is 0.462 e. The van der Waals surface area contributed by atoms with Crippen molar-refractivity contribution in [2.45, 2.75) is 18.7 Å². The van der Waals surface area contributed by atoms with Crippen molar-refractivity contribution in [2.24, 2.45) is 0 Å². The summed E-state index contributed by atoms with van der Waals surface area (Å²) in [5, 5.41) is 9.88. The Hall–Kier alpha value is -1.86. The van der Waals surface area contributed by atoms with Gasteiger partial charge in [-0.3, -0.25) is 0 Å². The zero-order valence-corrected chi connectivity index (χ0v) is 11.6. The molecular formula is C14H10F3NO2S. The summed E-state index contributed by atoms with van der Waals surface area (Å²) in [6.45, 7) is 1.51. The number of para-hydroxylation sites is 1. The van der Waals surface area contributed by atoms with Gasteiger partial charge in [0.2, 0.25) is 0 Å². The van der Waals surface area contributed by atoms with Crippen LogP contribution in [0.4, 0.5) is 13.2 Å². The van der Waals surface area contributed by atoms with Crippen molar-refractivity contribution >= 4 is 21.6 Å². The Morgan fingerprint density at radius 3 is 2.43 bits per heavy atom. The normalized spacial score (nSPS) is 15.3. The summed E-state index contributed by atoms with van der Waals surface area (Å²) in [5.74, 6) is -0.291. The van der Waals surface area contributed by atoms with Crippen LogP contribution in [0.25, 0.3) is 10.2 Å². The summed E-state index contributed by atoms with van der Waals surface area (Å²) in [6, 6.07) is 9.12. The lowest BCUT2D eigenvalue weighted by molar-refractivity contribution is -0.254. The average molecular weight is 313 g/mol. The molecule has 0 aliphatic rings. The van der Waals surface area contributed by atoms with Crippen LogP contribution >= 0.6 is 11.3 Å². The van der Waals surface area contributed by atoms with Crippen molar-refractivity contribution in [1.29, 1.82) is 0 Å². The number of thiazole rings is 1. The highest BCUT2D eigenvalue weighted by molar-refractivity contribution is 7.18. The number of hydrogen-bond acceptors (Lipinski definition) is 4. The molecule has 0 spiro atoms. The predicted molar refractivity (Wildman–Crippen MR) is 72.1 cm³/mol. The monoisotopic (exact) mass is 313 g/mol. The third-order valence-corrected chi connectivity index (χ3v) is 4.26. The van der Waals surface area contributed by atoms with Gasteiger partial charge in [-0.05, 0) is 31.2 Å². The lowest BCUT2D eigenvalue weighted by Gasteiger charge is -2.26. The van der Waals surface area contributed by atoms with E-state index in [1.807, 2.05) is 0 Å². The fourth-order valence-corrected chi connectivity index (χ4v) is 3.10. The Balaban J connectivity index is 2.24. The van der Waals surface area contributed by atoms with E-state index in [1.54, 1.807) is 24.3 Å². The molecule has 0 aliphatic heterocycles. The maximum Gasteiger partial charge on any atom is 0.431 e. The first-order valence-corrected chi connectivity index (χ1v) is 6.86. The van der Waals surface area contributed by atoms with Gasteiger partial charge in [-0.25, -0.2) is 4.98 Å². The van der Waals surface area contributed by atoms with Gasteiger partial charge in [0, 0.05) is 0 Å². The highest BCUT2D eigenvalue weighted by Gasteiger charge is 2.60. The maximum atomic E-state index is 13.5. The second-order valence-corrected chi connectivity index (χ2v) is 5.64. The van der Waals surface area contributed by atoms with E-state index in [1.165, 1.54) is 13.0 Å². The molecule has 1 unspecified atom stereocenters. The molecule has 2 aromatic heterocycles. The van der Waals surface area contributed by atoms with Gasteiger partial charge in [-0.15, -0.1) is 11.3 Å². The predicted octanol–water partition coefficient (Wildman–Crippen LogP) is 4.00. The number of aryl methyl sites for hydroxylation is 1. The van der Waals surface area contributed by atoms with Gasteiger partial charge in [-0.1, -0.05) is 12.1 Å². The topological polar surface area (TPSA) is 46.3 Å². The number of alkyl halides is 3. The number of furan rings is 1. The van der Waals surface area contributed by atoms with Gasteiger partial charge in [0.1, 0.15) is 10.8 Å². The number of benzene rings is 1. The molecule has 110 valence electrons.